The molecule has 1 atom stereocenters. The van der Waals surface area contributed by atoms with E-state index < -0.39 is 10.0 Å². The monoisotopic (exact) mass is 420 g/mol. The Bertz CT molecular complexity index is 1220. The molecule has 1 heterocycles. The third-order valence-electron chi connectivity index (χ3n) is 5.47. The van der Waals surface area contributed by atoms with Gasteiger partial charge in [-0.05, 0) is 74.7 Å². The Morgan fingerprint density at radius 2 is 1.70 bits per heavy atom. The van der Waals surface area contributed by atoms with Crippen molar-refractivity contribution in [2.45, 2.75) is 38.1 Å². The van der Waals surface area contributed by atoms with Crippen LogP contribution in [0.25, 0.3) is 0 Å². The smallest absolute Gasteiger partial charge is 0.264 e. The number of anilines is 2. The van der Waals surface area contributed by atoms with Gasteiger partial charge >= 0.3 is 0 Å². The number of rotatable bonds is 4. The highest BCUT2D eigenvalue weighted by Gasteiger charge is 2.36. The molecule has 6 heteroatoms. The predicted octanol–water partition coefficient (Wildman–Crippen LogP) is 4.70. The summed E-state index contributed by atoms with van der Waals surface area (Å²) in [5, 5.41) is 2.93. The maximum absolute atomic E-state index is 13.3. The number of fused-ring (bicyclic) bond motifs is 1. The molecule has 1 N–H and O–H groups in total. The van der Waals surface area contributed by atoms with E-state index >= 15 is 0 Å². The van der Waals surface area contributed by atoms with E-state index in [0.29, 0.717) is 17.7 Å². The summed E-state index contributed by atoms with van der Waals surface area (Å²) in [5.74, 6) is -0.209. The quantitative estimate of drug-likeness (QED) is 0.666. The van der Waals surface area contributed by atoms with Crippen LogP contribution in [-0.2, 0) is 16.4 Å². The van der Waals surface area contributed by atoms with E-state index in [0.717, 1.165) is 22.4 Å². The van der Waals surface area contributed by atoms with Crippen LogP contribution in [0.3, 0.4) is 0 Å². The van der Waals surface area contributed by atoms with Gasteiger partial charge in [-0.2, -0.15) is 0 Å². The van der Waals surface area contributed by atoms with Crippen molar-refractivity contribution in [2.75, 3.05) is 9.62 Å². The maximum atomic E-state index is 13.3. The SMILES string of the molecule is Cc1ccc(S(=O)(=O)N2c3ccc(C(=O)Nc4ccccc4C)cc3C[C@H]2C)cc1. The van der Waals surface area contributed by atoms with Crippen LogP contribution in [0.1, 0.15) is 34.0 Å². The lowest BCUT2D eigenvalue weighted by Crippen LogP contribution is -2.35. The van der Waals surface area contributed by atoms with E-state index in [-0.39, 0.29) is 16.8 Å². The number of para-hydroxylation sites is 1. The van der Waals surface area contributed by atoms with Crippen LogP contribution in [-0.4, -0.2) is 20.4 Å². The standard InChI is InChI=1S/C24H24N2O3S/c1-16-8-11-21(12-9-16)30(28,29)26-18(3)14-20-15-19(10-13-23(20)26)24(27)25-22-7-5-4-6-17(22)2/h4-13,15,18H,14H2,1-3H3,(H,25,27)/t18-/m1/s1. The number of hydrogen-bond donors (Lipinski definition) is 1. The van der Waals surface area contributed by atoms with E-state index in [1.54, 1.807) is 42.5 Å². The van der Waals surface area contributed by atoms with Gasteiger partial charge in [-0.15, -0.1) is 0 Å². The highest BCUT2D eigenvalue weighted by atomic mass is 32.2. The first kappa shape index (κ1) is 20.2. The van der Waals surface area contributed by atoms with Crippen LogP contribution < -0.4 is 9.62 Å². The number of sulfonamides is 1. The molecule has 3 aromatic carbocycles. The van der Waals surface area contributed by atoms with Gasteiger partial charge in [0.1, 0.15) is 0 Å². The number of carbonyl (C=O) groups is 1. The van der Waals surface area contributed by atoms with Crippen LogP contribution in [0, 0.1) is 13.8 Å². The average Bonchev–Trinajstić information content (AvgIpc) is 3.05. The fourth-order valence-corrected chi connectivity index (χ4v) is 5.53. The minimum Gasteiger partial charge on any atom is -0.322 e. The minimum absolute atomic E-state index is 0.209. The first-order chi connectivity index (χ1) is 14.3. The first-order valence-electron chi connectivity index (χ1n) is 9.88. The fourth-order valence-electron chi connectivity index (χ4n) is 3.84. The minimum atomic E-state index is -3.67. The Morgan fingerprint density at radius 3 is 2.40 bits per heavy atom. The molecule has 154 valence electrons. The van der Waals surface area contributed by atoms with E-state index in [1.807, 2.05) is 45.0 Å². The van der Waals surface area contributed by atoms with Crippen molar-refractivity contribution in [1.29, 1.82) is 0 Å². The van der Waals surface area contributed by atoms with Gasteiger partial charge in [0.25, 0.3) is 15.9 Å². The first-order valence-corrected chi connectivity index (χ1v) is 11.3. The van der Waals surface area contributed by atoms with Crippen molar-refractivity contribution in [1.82, 2.24) is 0 Å². The molecule has 0 saturated carbocycles. The number of benzene rings is 3. The molecule has 0 aromatic heterocycles. The lowest BCUT2D eigenvalue weighted by atomic mass is 10.1. The van der Waals surface area contributed by atoms with E-state index in [9.17, 15) is 13.2 Å². The number of nitrogens with zero attached hydrogens (tertiary/aromatic N) is 1. The van der Waals surface area contributed by atoms with E-state index in [1.165, 1.54) is 4.31 Å². The summed E-state index contributed by atoms with van der Waals surface area (Å²) in [6.07, 6.45) is 0.561. The zero-order valence-corrected chi connectivity index (χ0v) is 18.0. The van der Waals surface area contributed by atoms with Crippen molar-refractivity contribution >= 4 is 27.3 Å². The predicted molar refractivity (Wildman–Crippen MR) is 120 cm³/mol. The third kappa shape index (κ3) is 3.59. The van der Waals surface area contributed by atoms with Gasteiger partial charge in [0.2, 0.25) is 0 Å². The molecular weight excluding hydrogens is 396 g/mol. The zero-order valence-electron chi connectivity index (χ0n) is 17.2. The lowest BCUT2D eigenvalue weighted by Gasteiger charge is -2.24. The second-order valence-corrected chi connectivity index (χ2v) is 9.59. The molecular formula is C24H24N2O3S. The molecule has 5 nitrogen and oxygen atoms in total. The van der Waals surface area contributed by atoms with Crippen LogP contribution in [0.5, 0.6) is 0 Å². The Kier molecular flexibility index (Phi) is 5.12. The molecule has 0 spiro atoms. The molecule has 4 rings (SSSR count). The highest BCUT2D eigenvalue weighted by Crippen LogP contribution is 2.37. The molecule has 0 fully saturated rings. The topological polar surface area (TPSA) is 66.5 Å². The number of amides is 1. The third-order valence-corrected chi connectivity index (χ3v) is 7.41. The number of nitrogens with one attached hydrogen (secondary N) is 1. The molecule has 1 aliphatic heterocycles. The molecule has 0 aliphatic carbocycles. The van der Waals surface area contributed by atoms with Gasteiger partial charge in [0, 0.05) is 17.3 Å². The van der Waals surface area contributed by atoms with E-state index in [4.69, 9.17) is 0 Å². The number of carbonyl (C=O) groups excluding carboxylic acids is 1. The molecule has 3 aromatic rings. The molecule has 0 bridgehead atoms. The van der Waals surface area contributed by atoms with Crippen molar-refractivity contribution < 1.29 is 13.2 Å². The normalized spacial score (nSPS) is 15.7. The Morgan fingerprint density at radius 1 is 1.00 bits per heavy atom. The molecule has 0 unspecified atom stereocenters. The van der Waals surface area contributed by atoms with Gasteiger partial charge in [-0.3, -0.25) is 9.10 Å². The summed E-state index contributed by atoms with van der Waals surface area (Å²) >= 11 is 0. The molecule has 1 amide bonds. The van der Waals surface area contributed by atoms with Crippen LogP contribution >= 0.6 is 0 Å². The highest BCUT2D eigenvalue weighted by molar-refractivity contribution is 7.92. The Labute approximate surface area is 177 Å². The van der Waals surface area contributed by atoms with Gasteiger partial charge < -0.3 is 5.32 Å². The Hall–Kier alpha value is -3.12. The van der Waals surface area contributed by atoms with Crippen molar-refractivity contribution in [3.8, 4) is 0 Å². The summed E-state index contributed by atoms with van der Waals surface area (Å²) in [4.78, 5) is 13.0. The summed E-state index contributed by atoms with van der Waals surface area (Å²) < 4.78 is 28.0. The van der Waals surface area contributed by atoms with Gasteiger partial charge in [0.05, 0.1) is 10.6 Å². The van der Waals surface area contributed by atoms with Crippen LogP contribution in [0.4, 0.5) is 11.4 Å². The zero-order chi connectivity index (χ0) is 21.5. The summed E-state index contributed by atoms with van der Waals surface area (Å²) in [6.45, 7) is 5.75. The van der Waals surface area contributed by atoms with Gasteiger partial charge in [0.15, 0.2) is 0 Å². The second kappa shape index (κ2) is 7.61. The van der Waals surface area contributed by atoms with E-state index in [2.05, 4.69) is 5.32 Å². The molecule has 0 saturated heterocycles. The number of hydrogen-bond acceptors (Lipinski definition) is 3. The van der Waals surface area contributed by atoms with Crippen molar-refractivity contribution in [3.63, 3.8) is 0 Å². The van der Waals surface area contributed by atoms with Crippen LogP contribution in [0.15, 0.2) is 71.6 Å². The van der Waals surface area contributed by atoms with Crippen molar-refractivity contribution in [2.24, 2.45) is 0 Å². The fraction of sp³-hybridized carbons (Fsp3) is 0.208. The average molecular weight is 421 g/mol. The number of aryl methyl sites for hydroxylation is 2. The lowest BCUT2D eigenvalue weighted by molar-refractivity contribution is 0.102. The van der Waals surface area contributed by atoms with Gasteiger partial charge in [-0.25, -0.2) is 8.42 Å². The molecule has 30 heavy (non-hydrogen) atoms. The van der Waals surface area contributed by atoms with Crippen LogP contribution in [0.2, 0.25) is 0 Å². The maximum Gasteiger partial charge on any atom is 0.264 e. The Balaban J connectivity index is 1.64. The van der Waals surface area contributed by atoms with Gasteiger partial charge in [-0.1, -0.05) is 35.9 Å². The summed E-state index contributed by atoms with van der Waals surface area (Å²) in [7, 11) is -3.67. The van der Waals surface area contributed by atoms with Crippen molar-refractivity contribution in [3.05, 3.63) is 89.0 Å². The largest absolute Gasteiger partial charge is 0.322 e. The molecule has 0 radical (unpaired) electrons. The summed E-state index contributed by atoms with van der Waals surface area (Å²) in [6, 6.07) is 19.5. The molecule has 1 aliphatic rings. The summed E-state index contributed by atoms with van der Waals surface area (Å²) in [5.41, 5.74) is 4.76. The second-order valence-electron chi connectivity index (χ2n) is 7.78.